The van der Waals surface area contributed by atoms with E-state index in [2.05, 4.69) is 0 Å². The Bertz CT molecular complexity index is 316. The van der Waals surface area contributed by atoms with E-state index in [0.717, 1.165) is 24.8 Å². The molecule has 1 saturated carbocycles. The number of rotatable bonds is 2. The van der Waals surface area contributed by atoms with Gasteiger partial charge in [0.1, 0.15) is 0 Å². The first-order chi connectivity index (χ1) is 6.69. The Hall–Kier alpha value is -1.12. The summed E-state index contributed by atoms with van der Waals surface area (Å²) in [7, 11) is 0. The molecule has 76 valence electrons. The monoisotopic (exact) mass is 194 g/mol. The molecule has 0 N–H and O–H groups in total. The van der Waals surface area contributed by atoms with Gasteiger partial charge >= 0.3 is 5.97 Å². The maximum atomic E-state index is 11.8. The Labute approximate surface area is 83.1 Å². The number of ether oxygens (including phenoxy) is 1. The summed E-state index contributed by atoms with van der Waals surface area (Å²) in [4.78, 5) is 23.1. The fourth-order valence-electron chi connectivity index (χ4n) is 2.51. The molecule has 0 aliphatic heterocycles. The van der Waals surface area contributed by atoms with Crippen LogP contribution in [-0.4, -0.2) is 18.4 Å². The van der Waals surface area contributed by atoms with Gasteiger partial charge in [0.2, 0.25) is 0 Å². The summed E-state index contributed by atoms with van der Waals surface area (Å²) in [5, 5.41) is 0. The molecule has 1 fully saturated rings. The van der Waals surface area contributed by atoms with Crippen molar-refractivity contribution in [3.8, 4) is 0 Å². The van der Waals surface area contributed by atoms with E-state index in [9.17, 15) is 9.59 Å². The van der Waals surface area contributed by atoms with Gasteiger partial charge in [-0.2, -0.15) is 0 Å². The maximum absolute atomic E-state index is 11.8. The van der Waals surface area contributed by atoms with Crippen molar-refractivity contribution in [3.05, 3.63) is 11.6 Å². The number of allylic oxidation sites excluding steroid dienone is 1. The molecule has 0 bridgehead atoms. The minimum atomic E-state index is -0.562. The highest BCUT2D eigenvalue weighted by Gasteiger charge is 2.50. The Balaban J connectivity index is 2.27. The molecule has 1 atom stereocenters. The Morgan fingerprint density at radius 1 is 1.64 bits per heavy atom. The number of esters is 1. The molecule has 3 heteroatoms. The number of carbonyl (C=O) groups excluding carboxylic acids is 2. The van der Waals surface area contributed by atoms with E-state index in [0.29, 0.717) is 13.0 Å². The molecule has 3 nitrogen and oxygen atoms in total. The molecule has 2 rings (SSSR count). The number of carbonyl (C=O) groups is 2. The lowest BCUT2D eigenvalue weighted by atomic mass is 9.83. The van der Waals surface area contributed by atoms with Crippen molar-refractivity contribution < 1.29 is 14.3 Å². The molecule has 0 aromatic rings. The smallest absolute Gasteiger partial charge is 0.316 e. The van der Waals surface area contributed by atoms with E-state index in [1.54, 1.807) is 13.0 Å². The van der Waals surface area contributed by atoms with Crippen molar-refractivity contribution in [2.45, 2.75) is 32.6 Å². The standard InChI is InChI=1S/C11H14O3/c1-2-14-10(13)11-5-3-4-8(11)6-9(12)7-11/h6H,2-5,7H2,1H3. The van der Waals surface area contributed by atoms with Crippen LogP contribution in [0.15, 0.2) is 11.6 Å². The lowest BCUT2D eigenvalue weighted by molar-refractivity contribution is -0.153. The quantitative estimate of drug-likeness (QED) is 0.627. The van der Waals surface area contributed by atoms with Gasteiger partial charge in [-0.3, -0.25) is 9.59 Å². The highest BCUT2D eigenvalue weighted by Crippen LogP contribution is 2.50. The number of fused-ring (bicyclic) bond motifs is 1. The topological polar surface area (TPSA) is 43.4 Å². The van der Waals surface area contributed by atoms with Crippen LogP contribution in [-0.2, 0) is 14.3 Å². The first-order valence-electron chi connectivity index (χ1n) is 5.10. The van der Waals surface area contributed by atoms with Gasteiger partial charge in [0.15, 0.2) is 5.78 Å². The predicted molar refractivity (Wildman–Crippen MR) is 50.6 cm³/mol. The largest absolute Gasteiger partial charge is 0.465 e. The van der Waals surface area contributed by atoms with E-state index in [-0.39, 0.29) is 11.8 Å². The fourth-order valence-corrected chi connectivity index (χ4v) is 2.51. The van der Waals surface area contributed by atoms with Gasteiger partial charge in [-0.05, 0) is 37.8 Å². The molecule has 2 aliphatic rings. The van der Waals surface area contributed by atoms with Crippen LogP contribution in [0.25, 0.3) is 0 Å². The van der Waals surface area contributed by atoms with Crippen LogP contribution < -0.4 is 0 Å². The third-order valence-electron chi connectivity index (χ3n) is 3.14. The van der Waals surface area contributed by atoms with Gasteiger partial charge in [-0.15, -0.1) is 0 Å². The summed E-state index contributed by atoms with van der Waals surface area (Å²) in [5.41, 5.74) is 0.438. The zero-order valence-electron chi connectivity index (χ0n) is 8.34. The van der Waals surface area contributed by atoms with Crippen LogP contribution in [0, 0.1) is 5.41 Å². The maximum Gasteiger partial charge on any atom is 0.316 e. The Morgan fingerprint density at radius 2 is 2.43 bits per heavy atom. The summed E-state index contributed by atoms with van der Waals surface area (Å²) in [6.07, 6.45) is 4.64. The van der Waals surface area contributed by atoms with Crippen LogP contribution in [0.3, 0.4) is 0 Å². The van der Waals surface area contributed by atoms with Gasteiger partial charge in [-0.1, -0.05) is 0 Å². The summed E-state index contributed by atoms with van der Waals surface area (Å²) in [5.74, 6) is -0.123. The average molecular weight is 194 g/mol. The summed E-state index contributed by atoms with van der Waals surface area (Å²) in [6.45, 7) is 2.19. The molecule has 0 heterocycles. The minimum absolute atomic E-state index is 0.0766. The highest BCUT2D eigenvalue weighted by atomic mass is 16.5. The van der Waals surface area contributed by atoms with E-state index in [1.807, 2.05) is 0 Å². The summed E-state index contributed by atoms with van der Waals surface area (Å²) >= 11 is 0. The Morgan fingerprint density at radius 3 is 3.14 bits per heavy atom. The lowest BCUT2D eigenvalue weighted by Crippen LogP contribution is -2.30. The van der Waals surface area contributed by atoms with Crippen molar-refractivity contribution in [3.63, 3.8) is 0 Å². The average Bonchev–Trinajstić information content (AvgIpc) is 2.61. The Kier molecular flexibility index (Phi) is 2.17. The van der Waals surface area contributed by atoms with Gasteiger partial charge in [-0.25, -0.2) is 0 Å². The van der Waals surface area contributed by atoms with Crippen molar-refractivity contribution in [1.29, 1.82) is 0 Å². The SMILES string of the molecule is CCOC(=O)C12CCCC1=CC(=O)C2. The summed E-state index contributed by atoms with van der Waals surface area (Å²) in [6, 6.07) is 0. The van der Waals surface area contributed by atoms with Crippen molar-refractivity contribution in [1.82, 2.24) is 0 Å². The second kappa shape index (κ2) is 3.23. The molecule has 0 saturated heterocycles. The van der Waals surface area contributed by atoms with Gasteiger partial charge < -0.3 is 4.74 Å². The zero-order chi connectivity index (χ0) is 10.2. The third kappa shape index (κ3) is 1.19. The minimum Gasteiger partial charge on any atom is -0.465 e. The van der Waals surface area contributed by atoms with Crippen LogP contribution >= 0.6 is 0 Å². The molecule has 2 aliphatic carbocycles. The molecule has 14 heavy (non-hydrogen) atoms. The molecule has 1 unspecified atom stereocenters. The molecule has 0 radical (unpaired) electrons. The second-order valence-electron chi connectivity index (χ2n) is 3.97. The fraction of sp³-hybridized carbons (Fsp3) is 0.636. The van der Waals surface area contributed by atoms with E-state index >= 15 is 0 Å². The summed E-state index contributed by atoms with van der Waals surface area (Å²) < 4.78 is 5.05. The number of hydrogen-bond donors (Lipinski definition) is 0. The van der Waals surface area contributed by atoms with Crippen molar-refractivity contribution in [2.75, 3.05) is 6.61 Å². The molecule has 0 aromatic heterocycles. The van der Waals surface area contributed by atoms with Crippen molar-refractivity contribution >= 4 is 11.8 Å². The van der Waals surface area contributed by atoms with Crippen LogP contribution in [0.2, 0.25) is 0 Å². The lowest BCUT2D eigenvalue weighted by Gasteiger charge is -2.22. The van der Waals surface area contributed by atoms with Gasteiger partial charge in [0.25, 0.3) is 0 Å². The number of ketones is 1. The normalized spacial score (nSPS) is 30.1. The molecule has 0 aromatic carbocycles. The van der Waals surface area contributed by atoms with E-state index in [1.165, 1.54) is 0 Å². The molecule has 0 spiro atoms. The second-order valence-corrected chi connectivity index (χ2v) is 3.97. The first-order valence-corrected chi connectivity index (χ1v) is 5.10. The van der Waals surface area contributed by atoms with Gasteiger partial charge in [0, 0.05) is 6.42 Å². The van der Waals surface area contributed by atoms with E-state index < -0.39 is 5.41 Å². The number of hydrogen-bond acceptors (Lipinski definition) is 3. The van der Waals surface area contributed by atoms with Crippen molar-refractivity contribution in [2.24, 2.45) is 5.41 Å². The van der Waals surface area contributed by atoms with Crippen LogP contribution in [0.5, 0.6) is 0 Å². The zero-order valence-corrected chi connectivity index (χ0v) is 8.34. The van der Waals surface area contributed by atoms with E-state index in [4.69, 9.17) is 4.74 Å². The predicted octanol–water partition coefficient (Wildman–Crippen LogP) is 1.62. The molecule has 0 amide bonds. The molecular formula is C11H14O3. The van der Waals surface area contributed by atoms with Crippen LogP contribution in [0.1, 0.15) is 32.6 Å². The highest BCUT2D eigenvalue weighted by molar-refractivity contribution is 6.01. The molecular weight excluding hydrogens is 180 g/mol. The first kappa shape index (κ1) is 9.44. The van der Waals surface area contributed by atoms with Crippen LogP contribution in [0.4, 0.5) is 0 Å². The van der Waals surface area contributed by atoms with Gasteiger partial charge in [0.05, 0.1) is 12.0 Å². The third-order valence-corrected chi connectivity index (χ3v) is 3.14.